The first kappa shape index (κ1) is 21.7. The molecular formula is C20H22ClFN2O4S. The van der Waals surface area contributed by atoms with Crippen molar-refractivity contribution in [3.63, 3.8) is 0 Å². The molecule has 1 aliphatic heterocycles. The number of nitrogens with zero attached hydrogens (tertiary/aromatic N) is 1. The highest BCUT2D eigenvalue weighted by atomic mass is 35.5. The number of sulfonamides is 1. The topological polar surface area (TPSA) is 75.7 Å². The Hall–Kier alpha value is -2.00. The fourth-order valence-electron chi connectivity index (χ4n) is 3.20. The highest BCUT2D eigenvalue weighted by Crippen LogP contribution is 2.20. The minimum absolute atomic E-state index is 0.0173. The Morgan fingerprint density at radius 3 is 2.38 bits per heavy atom. The van der Waals surface area contributed by atoms with E-state index in [1.54, 1.807) is 29.2 Å². The molecule has 0 radical (unpaired) electrons. The van der Waals surface area contributed by atoms with E-state index in [2.05, 4.69) is 4.72 Å². The smallest absolute Gasteiger partial charge is 0.254 e. The van der Waals surface area contributed by atoms with Gasteiger partial charge in [-0.05, 0) is 49.7 Å². The highest BCUT2D eigenvalue weighted by Gasteiger charge is 2.26. The molecule has 1 aliphatic rings. The second kappa shape index (κ2) is 8.79. The Bertz CT molecular complexity index is 988. The largest absolute Gasteiger partial charge is 0.372 e. The van der Waals surface area contributed by atoms with Crippen LogP contribution in [0.15, 0.2) is 47.4 Å². The van der Waals surface area contributed by atoms with Crippen molar-refractivity contribution in [3.8, 4) is 0 Å². The second-order valence-corrected chi connectivity index (χ2v) is 9.24. The molecule has 9 heteroatoms. The van der Waals surface area contributed by atoms with E-state index in [1.807, 2.05) is 13.8 Å². The van der Waals surface area contributed by atoms with Crippen molar-refractivity contribution in [1.29, 1.82) is 0 Å². The minimum atomic E-state index is -3.84. The monoisotopic (exact) mass is 440 g/mol. The number of carbonyl (C=O) groups is 1. The van der Waals surface area contributed by atoms with E-state index < -0.39 is 15.8 Å². The zero-order valence-corrected chi connectivity index (χ0v) is 17.6. The van der Waals surface area contributed by atoms with Crippen LogP contribution >= 0.6 is 11.6 Å². The average Bonchev–Trinajstić information content (AvgIpc) is 2.67. The van der Waals surface area contributed by atoms with E-state index in [4.69, 9.17) is 16.3 Å². The van der Waals surface area contributed by atoms with Crippen LogP contribution in [0.2, 0.25) is 5.02 Å². The fourth-order valence-corrected chi connectivity index (χ4v) is 4.49. The molecule has 1 fully saturated rings. The zero-order chi connectivity index (χ0) is 21.2. The molecule has 0 aliphatic carbocycles. The number of ether oxygens (including phenoxy) is 1. The Balaban J connectivity index is 1.64. The summed E-state index contributed by atoms with van der Waals surface area (Å²) in [5.74, 6) is -0.769. The quantitative estimate of drug-likeness (QED) is 0.774. The number of halogens is 2. The highest BCUT2D eigenvalue weighted by molar-refractivity contribution is 7.89. The molecule has 156 valence electrons. The van der Waals surface area contributed by atoms with Gasteiger partial charge >= 0.3 is 0 Å². The van der Waals surface area contributed by atoms with Crippen molar-refractivity contribution >= 4 is 27.5 Å². The summed E-state index contributed by atoms with van der Waals surface area (Å²) >= 11 is 5.66. The molecule has 0 unspecified atom stereocenters. The number of nitrogens with one attached hydrogen (secondary N) is 1. The number of hydrogen-bond donors (Lipinski definition) is 1. The van der Waals surface area contributed by atoms with Crippen molar-refractivity contribution in [2.45, 2.75) is 37.5 Å². The van der Waals surface area contributed by atoms with Gasteiger partial charge in [-0.1, -0.05) is 23.7 Å². The van der Waals surface area contributed by atoms with Gasteiger partial charge in [0.05, 0.1) is 22.1 Å². The van der Waals surface area contributed by atoms with Crippen molar-refractivity contribution in [2.75, 3.05) is 13.1 Å². The lowest BCUT2D eigenvalue weighted by Crippen LogP contribution is -2.48. The Kier molecular flexibility index (Phi) is 6.58. The van der Waals surface area contributed by atoms with Gasteiger partial charge in [-0.25, -0.2) is 17.5 Å². The van der Waals surface area contributed by atoms with Crippen molar-refractivity contribution < 1.29 is 22.3 Å². The van der Waals surface area contributed by atoms with Crippen molar-refractivity contribution in [3.05, 3.63) is 64.4 Å². The van der Waals surface area contributed by atoms with Gasteiger partial charge in [0.1, 0.15) is 5.82 Å². The summed E-state index contributed by atoms with van der Waals surface area (Å²) in [6.07, 6.45) is -0.0345. The van der Waals surface area contributed by atoms with Crippen LogP contribution < -0.4 is 4.72 Å². The number of rotatable bonds is 5. The number of amides is 1. The van der Waals surface area contributed by atoms with Gasteiger partial charge in [0.25, 0.3) is 5.91 Å². The summed E-state index contributed by atoms with van der Waals surface area (Å²) in [6.45, 7) is 4.95. The summed E-state index contributed by atoms with van der Waals surface area (Å²) in [4.78, 5) is 14.3. The molecule has 1 heterocycles. The van der Waals surface area contributed by atoms with Crippen LogP contribution in [-0.2, 0) is 21.3 Å². The lowest BCUT2D eigenvalue weighted by molar-refractivity contribution is -0.0586. The molecule has 0 bridgehead atoms. The molecule has 1 amide bonds. The molecule has 1 saturated heterocycles. The average molecular weight is 441 g/mol. The van der Waals surface area contributed by atoms with Gasteiger partial charge < -0.3 is 9.64 Å². The Labute approximate surface area is 174 Å². The molecule has 0 saturated carbocycles. The third-order valence-electron chi connectivity index (χ3n) is 4.58. The maximum Gasteiger partial charge on any atom is 0.254 e. The van der Waals surface area contributed by atoms with E-state index in [1.165, 1.54) is 0 Å². The van der Waals surface area contributed by atoms with Crippen LogP contribution in [-0.4, -0.2) is 44.5 Å². The third-order valence-corrected chi connectivity index (χ3v) is 6.26. The van der Waals surface area contributed by atoms with E-state index >= 15 is 0 Å². The van der Waals surface area contributed by atoms with Crippen LogP contribution in [0.1, 0.15) is 29.8 Å². The number of morpholine rings is 1. The number of benzene rings is 2. The molecular weight excluding hydrogens is 419 g/mol. The van der Waals surface area contributed by atoms with Crippen LogP contribution in [0, 0.1) is 5.82 Å². The Morgan fingerprint density at radius 2 is 1.79 bits per heavy atom. The van der Waals surface area contributed by atoms with Gasteiger partial charge in [-0.15, -0.1) is 0 Å². The summed E-state index contributed by atoms with van der Waals surface area (Å²) in [5, 5.41) is -0.262. The molecule has 2 atom stereocenters. The molecule has 6 nitrogen and oxygen atoms in total. The van der Waals surface area contributed by atoms with Gasteiger partial charge in [0, 0.05) is 25.2 Å². The van der Waals surface area contributed by atoms with Crippen LogP contribution in [0.25, 0.3) is 0 Å². The summed E-state index contributed by atoms with van der Waals surface area (Å²) in [7, 11) is -3.84. The zero-order valence-electron chi connectivity index (χ0n) is 16.1. The van der Waals surface area contributed by atoms with Crippen molar-refractivity contribution in [2.24, 2.45) is 0 Å². The molecule has 2 aromatic rings. The van der Waals surface area contributed by atoms with E-state index in [0.717, 1.165) is 18.2 Å². The molecule has 1 N–H and O–H groups in total. The van der Waals surface area contributed by atoms with Crippen LogP contribution in [0.3, 0.4) is 0 Å². The third kappa shape index (κ3) is 5.33. The second-order valence-electron chi connectivity index (χ2n) is 7.06. The SMILES string of the molecule is C[C@H]1CN(C(=O)c2ccc(CNS(=O)(=O)c3ccc(F)c(Cl)c3)cc2)C[C@H](C)O1. The first-order valence-electron chi connectivity index (χ1n) is 9.14. The van der Waals surface area contributed by atoms with Crippen LogP contribution in [0.4, 0.5) is 4.39 Å². The van der Waals surface area contributed by atoms with E-state index in [9.17, 15) is 17.6 Å². The van der Waals surface area contributed by atoms with Crippen molar-refractivity contribution in [1.82, 2.24) is 9.62 Å². The fraction of sp³-hybridized carbons (Fsp3) is 0.350. The maximum atomic E-state index is 13.2. The normalized spacial score (nSPS) is 19.9. The van der Waals surface area contributed by atoms with E-state index in [0.29, 0.717) is 24.2 Å². The number of hydrogen-bond acceptors (Lipinski definition) is 4. The lowest BCUT2D eigenvalue weighted by atomic mass is 10.1. The minimum Gasteiger partial charge on any atom is -0.372 e. The van der Waals surface area contributed by atoms with Gasteiger partial charge in [0.15, 0.2) is 0 Å². The summed E-state index contributed by atoms with van der Waals surface area (Å²) < 4.78 is 46.0. The molecule has 0 spiro atoms. The van der Waals surface area contributed by atoms with Gasteiger partial charge in [-0.3, -0.25) is 4.79 Å². The molecule has 0 aromatic heterocycles. The standard InChI is InChI=1S/C20H22ClFN2O4S/c1-13-11-24(12-14(2)28-13)20(25)16-5-3-15(4-6-16)10-23-29(26,27)17-7-8-19(22)18(21)9-17/h3-9,13-14,23H,10-12H2,1-2H3/t13-,14-/m0/s1. The first-order chi connectivity index (χ1) is 13.7. The van der Waals surface area contributed by atoms with Gasteiger partial charge in [-0.2, -0.15) is 0 Å². The lowest BCUT2D eigenvalue weighted by Gasteiger charge is -2.35. The predicted molar refractivity (Wildman–Crippen MR) is 108 cm³/mol. The first-order valence-corrected chi connectivity index (χ1v) is 11.0. The molecule has 2 aromatic carbocycles. The molecule has 29 heavy (non-hydrogen) atoms. The van der Waals surface area contributed by atoms with Crippen LogP contribution in [0.5, 0.6) is 0 Å². The molecule has 3 rings (SSSR count). The van der Waals surface area contributed by atoms with Gasteiger partial charge in [0.2, 0.25) is 10.0 Å². The Morgan fingerprint density at radius 1 is 1.17 bits per heavy atom. The number of carbonyl (C=O) groups excluding carboxylic acids is 1. The summed E-state index contributed by atoms with van der Waals surface area (Å²) in [5.41, 5.74) is 1.21. The summed E-state index contributed by atoms with van der Waals surface area (Å²) in [6, 6.07) is 9.95. The van der Waals surface area contributed by atoms with E-state index in [-0.39, 0.29) is 34.6 Å². The predicted octanol–water partition coefficient (Wildman–Crippen LogP) is 3.21. The maximum absolute atomic E-state index is 13.2.